The van der Waals surface area contributed by atoms with Crippen molar-refractivity contribution in [1.29, 1.82) is 0 Å². The van der Waals surface area contributed by atoms with Crippen LogP contribution in [0.25, 0.3) is 0 Å². The molecule has 19 heavy (non-hydrogen) atoms. The predicted molar refractivity (Wildman–Crippen MR) is 70.6 cm³/mol. The van der Waals surface area contributed by atoms with Gasteiger partial charge in [-0.3, -0.25) is 4.79 Å². The minimum absolute atomic E-state index is 0.223. The van der Waals surface area contributed by atoms with E-state index >= 15 is 0 Å². The minimum Gasteiger partial charge on any atom is -0.489 e. The standard InChI is InChI=1S/C13H19FN2O3/c1-9(8-15)13(17)16-11-7-10(14)3-4-12(11)19-6-5-18-2/h3-4,7,9H,5-6,8,15H2,1-2H3,(H,16,17). The van der Waals surface area contributed by atoms with Gasteiger partial charge in [0.15, 0.2) is 0 Å². The number of hydrogen-bond donors (Lipinski definition) is 2. The highest BCUT2D eigenvalue weighted by molar-refractivity contribution is 5.93. The lowest BCUT2D eigenvalue weighted by atomic mass is 10.1. The summed E-state index contributed by atoms with van der Waals surface area (Å²) in [5.41, 5.74) is 5.70. The molecule has 1 atom stereocenters. The van der Waals surface area contributed by atoms with Crippen molar-refractivity contribution in [1.82, 2.24) is 0 Å². The van der Waals surface area contributed by atoms with Crippen LogP contribution >= 0.6 is 0 Å². The third-order valence-electron chi connectivity index (χ3n) is 2.55. The molecule has 5 nitrogen and oxygen atoms in total. The van der Waals surface area contributed by atoms with Gasteiger partial charge in [-0.1, -0.05) is 6.92 Å². The summed E-state index contributed by atoms with van der Waals surface area (Å²) < 4.78 is 23.5. The number of carbonyl (C=O) groups excluding carboxylic acids is 1. The SMILES string of the molecule is COCCOc1ccc(F)cc1NC(=O)C(C)CN. The predicted octanol–water partition coefficient (Wildman–Crippen LogP) is 1.38. The van der Waals surface area contributed by atoms with Crippen LogP contribution in [0.3, 0.4) is 0 Å². The molecular weight excluding hydrogens is 251 g/mol. The maximum Gasteiger partial charge on any atom is 0.228 e. The lowest BCUT2D eigenvalue weighted by Crippen LogP contribution is -2.27. The van der Waals surface area contributed by atoms with Gasteiger partial charge in [0.25, 0.3) is 0 Å². The Bertz CT molecular complexity index is 426. The Morgan fingerprint density at radius 2 is 2.21 bits per heavy atom. The number of hydrogen-bond acceptors (Lipinski definition) is 4. The number of halogens is 1. The van der Waals surface area contributed by atoms with Gasteiger partial charge in [0, 0.05) is 25.6 Å². The molecule has 1 rings (SSSR count). The Morgan fingerprint density at radius 3 is 2.84 bits per heavy atom. The molecule has 3 N–H and O–H groups in total. The lowest BCUT2D eigenvalue weighted by molar-refractivity contribution is -0.119. The Balaban J connectivity index is 2.78. The summed E-state index contributed by atoms with van der Waals surface area (Å²) in [6.45, 7) is 2.64. The van der Waals surface area contributed by atoms with Gasteiger partial charge < -0.3 is 20.5 Å². The monoisotopic (exact) mass is 270 g/mol. The number of methoxy groups -OCH3 is 1. The summed E-state index contributed by atoms with van der Waals surface area (Å²) in [7, 11) is 1.56. The molecule has 106 valence electrons. The van der Waals surface area contributed by atoms with Crippen molar-refractivity contribution in [2.24, 2.45) is 11.7 Å². The molecule has 0 aromatic heterocycles. The van der Waals surface area contributed by atoms with E-state index in [4.69, 9.17) is 15.2 Å². The van der Waals surface area contributed by atoms with Crippen molar-refractivity contribution in [3.63, 3.8) is 0 Å². The number of ether oxygens (including phenoxy) is 2. The molecule has 1 aromatic carbocycles. The lowest BCUT2D eigenvalue weighted by Gasteiger charge is -2.14. The largest absolute Gasteiger partial charge is 0.489 e. The highest BCUT2D eigenvalue weighted by atomic mass is 19.1. The number of anilines is 1. The van der Waals surface area contributed by atoms with Gasteiger partial charge in [0.05, 0.1) is 12.3 Å². The van der Waals surface area contributed by atoms with Crippen LogP contribution in [-0.2, 0) is 9.53 Å². The number of rotatable bonds is 7. The molecule has 0 saturated heterocycles. The molecule has 0 aliphatic carbocycles. The first-order chi connectivity index (χ1) is 9.08. The topological polar surface area (TPSA) is 73.6 Å². The molecule has 1 aromatic rings. The van der Waals surface area contributed by atoms with Crippen LogP contribution in [0.15, 0.2) is 18.2 Å². The second kappa shape index (κ2) is 7.70. The molecule has 0 saturated carbocycles. The van der Waals surface area contributed by atoms with Crippen LogP contribution in [0, 0.1) is 11.7 Å². The molecule has 0 radical (unpaired) electrons. The van der Waals surface area contributed by atoms with Crippen LogP contribution in [-0.4, -0.2) is 32.8 Å². The van der Waals surface area contributed by atoms with E-state index in [1.807, 2.05) is 0 Å². The molecule has 0 aliphatic rings. The molecule has 6 heteroatoms. The molecule has 0 spiro atoms. The molecule has 0 fully saturated rings. The highest BCUT2D eigenvalue weighted by Crippen LogP contribution is 2.25. The van der Waals surface area contributed by atoms with Gasteiger partial charge in [0.2, 0.25) is 5.91 Å². The minimum atomic E-state index is -0.449. The second-order valence-electron chi connectivity index (χ2n) is 4.11. The quantitative estimate of drug-likeness (QED) is 0.734. The Kier molecular flexibility index (Phi) is 6.24. The first kappa shape index (κ1) is 15.4. The van der Waals surface area contributed by atoms with Crippen molar-refractivity contribution < 1.29 is 18.7 Å². The molecule has 0 heterocycles. The van der Waals surface area contributed by atoms with E-state index < -0.39 is 5.82 Å². The number of benzene rings is 1. The molecule has 0 bridgehead atoms. The van der Waals surface area contributed by atoms with Gasteiger partial charge in [0.1, 0.15) is 18.2 Å². The zero-order valence-corrected chi connectivity index (χ0v) is 11.1. The van der Waals surface area contributed by atoms with E-state index in [9.17, 15) is 9.18 Å². The van der Waals surface area contributed by atoms with Crippen molar-refractivity contribution in [3.05, 3.63) is 24.0 Å². The average molecular weight is 270 g/mol. The van der Waals surface area contributed by atoms with Crippen molar-refractivity contribution in [2.75, 3.05) is 32.2 Å². The first-order valence-electron chi connectivity index (χ1n) is 6.00. The number of amides is 1. The van der Waals surface area contributed by atoms with E-state index in [1.54, 1.807) is 14.0 Å². The molecule has 0 aliphatic heterocycles. The molecule has 1 amide bonds. The van der Waals surface area contributed by atoms with Crippen molar-refractivity contribution >= 4 is 11.6 Å². The third-order valence-corrected chi connectivity index (χ3v) is 2.55. The Morgan fingerprint density at radius 1 is 1.47 bits per heavy atom. The van der Waals surface area contributed by atoms with Crippen molar-refractivity contribution in [3.8, 4) is 5.75 Å². The fourth-order valence-electron chi connectivity index (χ4n) is 1.32. The van der Waals surface area contributed by atoms with E-state index in [-0.39, 0.29) is 18.4 Å². The van der Waals surface area contributed by atoms with Crippen LogP contribution in [0.1, 0.15) is 6.92 Å². The summed E-state index contributed by atoms with van der Waals surface area (Å²) in [4.78, 5) is 11.7. The maximum atomic E-state index is 13.2. The third kappa shape index (κ3) is 4.84. The van der Waals surface area contributed by atoms with Gasteiger partial charge in [-0.05, 0) is 12.1 Å². The maximum absolute atomic E-state index is 13.2. The summed E-state index contributed by atoms with van der Waals surface area (Å²) in [5.74, 6) is -0.675. The van der Waals surface area contributed by atoms with Gasteiger partial charge in [-0.2, -0.15) is 0 Å². The summed E-state index contributed by atoms with van der Waals surface area (Å²) in [5, 5.41) is 2.60. The second-order valence-corrected chi connectivity index (χ2v) is 4.11. The van der Waals surface area contributed by atoms with E-state index in [1.165, 1.54) is 18.2 Å². The van der Waals surface area contributed by atoms with Crippen LogP contribution in [0.5, 0.6) is 5.75 Å². The molecular formula is C13H19FN2O3. The highest BCUT2D eigenvalue weighted by Gasteiger charge is 2.14. The van der Waals surface area contributed by atoms with Crippen LogP contribution in [0.4, 0.5) is 10.1 Å². The Labute approximate surface area is 111 Å². The average Bonchev–Trinajstić information content (AvgIpc) is 2.40. The van der Waals surface area contributed by atoms with Crippen molar-refractivity contribution in [2.45, 2.75) is 6.92 Å². The van der Waals surface area contributed by atoms with Crippen LogP contribution < -0.4 is 15.8 Å². The summed E-state index contributed by atoms with van der Waals surface area (Å²) in [6, 6.07) is 3.95. The normalized spacial score (nSPS) is 12.0. The fourth-order valence-corrected chi connectivity index (χ4v) is 1.32. The smallest absolute Gasteiger partial charge is 0.228 e. The van der Waals surface area contributed by atoms with Crippen LogP contribution in [0.2, 0.25) is 0 Å². The molecule has 1 unspecified atom stereocenters. The van der Waals surface area contributed by atoms with E-state index in [0.29, 0.717) is 24.7 Å². The number of carbonyl (C=O) groups is 1. The first-order valence-corrected chi connectivity index (χ1v) is 6.00. The van der Waals surface area contributed by atoms with E-state index in [2.05, 4.69) is 5.32 Å². The van der Waals surface area contributed by atoms with E-state index in [0.717, 1.165) is 0 Å². The number of nitrogens with one attached hydrogen (secondary N) is 1. The van der Waals surface area contributed by atoms with Gasteiger partial charge >= 0.3 is 0 Å². The van der Waals surface area contributed by atoms with Gasteiger partial charge in [-0.25, -0.2) is 4.39 Å². The van der Waals surface area contributed by atoms with Gasteiger partial charge in [-0.15, -0.1) is 0 Å². The zero-order chi connectivity index (χ0) is 14.3. The zero-order valence-electron chi connectivity index (χ0n) is 11.1. The summed E-state index contributed by atoms with van der Waals surface area (Å²) >= 11 is 0. The summed E-state index contributed by atoms with van der Waals surface area (Å²) in [6.07, 6.45) is 0. The fraction of sp³-hybridized carbons (Fsp3) is 0.462. The number of nitrogens with two attached hydrogens (primary N) is 1. The Hall–Kier alpha value is -1.66.